The van der Waals surface area contributed by atoms with E-state index in [1.54, 1.807) is 0 Å². The number of rotatable bonds is 1. The highest BCUT2D eigenvalue weighted by Gasteiger charge is 2.57. The van der Waals surface area contributed by atoms with E-state index in [1.165, 1.54) is 25.7 Å². The minimum atomic E-state index is -0.147. The first kappa shape index (κ1) is 9.17. The maximum absolute atomic E-state index is 5.75. The summed E-state index contributed by atoms with van der Waals surface area (Å²) in [5.41, 5.74) is 0.718. The van der Waals surface area contributed by atoms with Gasteiger partial charge >= 0.3 is 0 Å². The second-order valence-corrected chi connectivity index (χ2v) is 5.28. The minimum absolute atomic E-state index is 0.147. The van der Waals surface area contributed by atoms with Crippen molar-refractivity contribution in [2.24, 2.45) is 11.3 Å². The van der Waals surface area contributed by atoms with Crippen molar-refractivity contribution >= 4 is 0 Å². The van der Waals surface area contributed by atoms with Crippen LogP contribution < -0.4 is 0 Å². The third kappa shape index (κ3) is 1.24. The molecule has 0 radical (unpaired) electrons. The molecule has 80 valence electrons. The van der Waals surface area contributed by atoms with E-state index in [1.807, 2.05) is 0 Å². The SMILES string of the molecule is CCC1CC12CCC1(CC2)OCCO1. The van der Waals surface area contributed by atoms with Crippen LogP contribution in [0.5, 0.6) is 0 Å². The average molecular weight is 196 g/mol. The van der Waals surface area contributed by atoms with Crippen LogP contribution in [0.1, 0.15) is 45.4 Å². The normalized spacial score (nSPS) is 37.9. The average Bonchev–Trinajstić information content (AvgIpc) is 2.72. The van der Waals surface area contributed by atoms with Gasteiger partial charge in [0, 0.05) is 12.8 Å². The molecule has 2 spiro atoms. The van der Waals surface area contributed by atoms with Gasteiger partial charge in [-0.15, -0.1) is 0 Å². The van der Waals surface area contributed by atoms with Crippen molar-refractivity contribution < 1.29 is 9.47 Å². The van der Waals surface area contributed by atoms with Gasteiger partial charge in [0.1, 0.15) is 0 Å². The Bertz CT molecular complexity index is 220. The van der Waals surface area contributed by atoms with Gasteiger partial charge in [-0.1, -0.05) is 13.3 Å². The molecule has 1 heterocycles. The summed E-state index contributed by atoms with van der Waals surface area (Å²) in [6.07, 6.45) is 7.80. The molecule has 2 saturated carbocycles. The molecule has 3 fully saturated rings. The topological polar surface area (TPSA) is 18.5 Å². The van der Waals surface area contributed by atoms with Gasteiger partial charge in [-0.05, 0) is 30.6 Å². The van der Waals surface area contributed by atoms with Crippen LogP contribution in [0.25, 0.3) is 0 Å². The zero-order valence-corrected chi connectivity index (χ0v) is 9.05. The molecular weight excluding hydrogens is 176 g/mol. The maximum Gasteiger partial charge on any atom is 0.168 e. The van der Waals surface area contributed by atoms with Gasteiger partial charge in [-0.3, -0.25) is 0 Å². The summed E-state index contributed by atoms with van der Waals surface area (Å²) >= 11 is 0. The van der Waals surface area contributed by atoms with E-state index in [-0.39, 0.29) is 5.79 Å². The van der Waals surface area contributed by atoms with Crippen molar-refractivity contribution in [3.8, 4) is 0 Å². The highest BCUT2D eigenvalue weighted by molar-refractivity contribution is 5.05. The van der Waals surface area contributed by atoms with E-state index in [0.29, 0.717) is 0 Å². The Morgan fingerprint density at radius 2 is 1.71 bits per heavy atom. The molecular formula is C12H20O2. The van der Waals surface area contributed by atoms with Crippen molar-refractivity contribution in [1.29, 1.82) is 0 Å². The summed E-state index contributed by atoms with van der Waals surface area (Å²) < 4.78 is 11.5. The Balaban J connectivity index is 1.63. The van der Waals surface area contributed by atoms with Gasteiger partial charge in [-0.2, -0.15) is 0 Å². The maximum atomic E-state index is 5.75. The molecule has 0 amide bonds. The van der Waals surface area contributed by atoms with Crippen molar-refractivity contribution in [3.05, 3.63) is 0 Å². The van der Waals surface area contributed by atoms with E-state index >= 15 is 0 Å². The molecule has 0 bridgehead atoms. The van der Waals surface area contributed by atoms with Crippen LogP contribution in [-0.4, -0.2) is 19.0 Å². The summed E-state index contributed by atoms with van der Waals surface area (Å²) in [6.45, 7) is 3.95. The zero-order valence-electron chi connectivity index (χ0n) is 9.05. The minimum Gasteiger partial charge on any atom is -0.348 e. The molecule has 1 unspecified atom stereocenters. The molecule has 2 heteroatoms. The highest BCUT2D eigenvalue weighted by Crippen LogP contribution is 2.64. The summed E-state index contributed by atoms with van der Waals surface area (Å²) in [6, 6.07) is 0. The molecule has 0 aromatic heterocycles. The predicted octanol–water partition coefficient (Wildman–Crippen LogP) is 2.72. The Hall–Kier alpha value is -0.0800. The summed E-state index contributed by atoms with van der Waals surface area (Å²) in [5.74, 6) is 0.868. The first-order valence-electron chi connectivity index (χ1n) is 6.07. The van der Waals surface area contributed by atoms with Crippen molar-refractivity contribution in [1.82, 2.24) is 0 Å². The lowest BCUT2D eigenvalue weighted by Crippen LogP contribution is -2.36. The number of hydrogen-bond donors (Lipinski definition) is 0. The van der Waals surface area contributed by atoms with E-state index in [2.05, 4.69) is 6.92 Å². The Morgan fingerprint density at radius 1 is 1.07 bits per heavy atom. The lowest BCUT2D eigenvalue weighted by atomic mass is 9.80. The fourth-order valence-electron chi connectivity index (χ4n) is 3.54. The van der Waals surface area contributed by atoms with Crippen LogP contribution in [0, 0.1) is 11.3 Å². The molecule has 0 N–H and O–H groups in total. The third-order valence-corrected chi connectivity index (χ3v) is 4.67. The second kappa shape index (κ2) is 2.96. The summed E-state index contributed by atoms with van der Waals surface area (Å²) in [5, 5.41) is 0. The number of ether oxygens (including phenoxy) is 2. The largest absolute Gasteiger partial charge is 0.348 e. The standard InChI is InChI=1S/C12H20O2/c1-2-10-9-11(10)3-5-12(6-4-11)13-7-8-14-12/h10H,2-9H2,1H3. The zero-order chi connectivity index (χ0) is 9.65. The molecule has 3 rings (SSSR count). The van der Waals surface area contributed by atoms with Crippen molar-refractivity contribution in [2.75, 3.05) is 13.2 Å². The first-order valence-corrected chi connectivity index (χ1v) is 6.07. The molecule has 1 aliphatic heterocycles. The van der Waals surface area contributed by atoms with Gasteiger partial charge in [0.15, 0.2) is 5.79 Å². The van der Waals surface area contributed by atoms with E-state index in [0.717, 1.165) is 37.4 Å². The van der Waals surface area contributed by atoms with Gasteiger partial charge in [-0.25, -0.2) is 0 Å². The first-order chi connectivity index (χ1) is 6.79. The van der Waals surface area contributed by atoms with E-state index in [9.17, 15) is 0 Å². The molecule has 2 nitrogen and oxygen atoms in total. The fraction of sp³-hybridized carbons (Fsp3) is 1.00. The third-order valence-electron chi connectivity index (χ3n) is 4.67. The molecule has 2 aliphatic carbocycles. The molecule has 0 aromatic carbocycles. The van der Waals surface area contributed by atoms with Crippen LogP contribution in [0.2, 0.25) is 0 Å². The van der Waals surface area contributed by atoms with E-state index < -0.39 is 0 Å². The summed E-state index contributed by atoms with van der Waals surface area (Å²) in [4.78, 5) is 0. The predicted molar refractivity (Wildman–Crippen MR) is 53.9 cm³/mol. The Kier molecular flexibility index (Phi) is 1.94. The molecule has 0 aromatic rings. The molecule has 1 atom stereocenters. The van der Waals surface area contributed by atoms with Gasteiger partial charge in [0.05, 0.1) is 13.2 Å². The van der Waals surface area contributed by atoms with Gasteiger partial charge in [0.25, 0.3) is 0 Å². The Morgan fingerprint density at radius 3 is 2.21 bits per heavy atom. The molecule has 14 heavy (non-hydrogen) atoms. The monoisotopic (exact) mass is 196 g/mol. The lowest BCUT2D eigenvalue weighted by Gasteiger charge is -2.36. The summed E-state index contributed by atoms with van der Waals surface area (Å²) in [7, 11) is 0. The quantitative estimate of drug-likeness (QED) is 0.642. The second-order valence-electron chi connectivity index (χ2n) is 5.28. The smallest absolute Gasteiger partial charge is 0.168 e. The van der Waals surface area contributed by atoms with E-state index in [4.69, 9.17) is 9.47 Å². The van der Waals surface area contributed by atoms with Crippen LogP contribution in [-0.2, 0) is 9.47 Å². The van der Waals surface area contributed by atoms with Crippen LogP contribution in [0.15, 0.2) is 0 Å². The van der Waals surface area contributed by atoms with Crippen molar-refractivity contribution in [2.45, 2.75) is 51.2 Å². The van der Waals surface area contributed by atoms with Crippen LogP contribution in [0.4, 0.5) is 0 Å². The lowest BCUT2D eigenvalue weighted by molar-refractivity contribution is -0.185. The fourth-order valence-corrected chi connectivity index (χ4v) is 3.54. The van der Waals surface area contributed by atoms with Gasteiger partial charge in [0.2, 0.25) is 0 Å². The van der Waals surface area contributed by atoms with Gasteiger partial charge < -0.3 is 9.47 Å². The number of hydrogen-bond acceptors (Lipinski definition) is 2. The van der Waals surface area contributed by atoms with Crippen LogP contribution >= 0.6 is 0 Å². The van der Waals surface area contributed by atoms with Crippen molar-refractivity contribution in [3.63, 3.8) is 0 Å². The Labute approximate surface area is 86.0 Å². The molecule has 3 aliphatic rings. The molecule has 1 saturated heterocycles. The highest BCUT2D eigenvalue weighted by atomic mass is 16.7. The van der Waals surface area contributed by atoms with Crippen LogP contribution in [0.3, 0.4) is 0 Å².